The number of aryl methyl sites for hydroxylation is 1. The van der Waals surface area contributed by atoms with E-state index in [1.165, 1.54) is 6.07 Å². The first-order valence-corrected chi connectivity index (χ1v) is 6.94. The molecule has 0 spiro atoms. The minimum atomic E-state index is -3.79. The monoisotopic (exact) mass is 307 g/mol. The molecular formula is C11H18ClN3O3S. The number of nitrogens with two attached hydrogens (primary N) is 2. The Morgan fingerprint density at radius 2 is 2.00 bits per heavy atom. The Hall–Kier alpha value is -1.15. The number of carbonyl (C=O) groups excluding carboxylic acids is 1. The van der Waals surface area contributed by atoms with Gasteiger partial charge in [-0.25, -0.2) is 13.6 Å². The van der Waals surface area contributed by atoms with Crippen molar-refractivity contribution in [1.82, 2.24) is 0 Å². The number of rotatable bonds is 4. The van der Waals surface area contributed by atoms with Gasteiger partial charge in [0.1, 0.15) is 0 Å². The quantitative estimate of drug-likeness (QED) is 0.755. The van der Waals surface area contributed by atoms with Gasteiger partial charge in [0.2, 0.25) is 15.9 Å². The van der Waals surface area contributed by atoms with Crippen LogP contribution in [0.2, 0.25) is 0 Å². The van der Waals surface area contributed by atoms with Gasteiger partial charge in [-0.3, -0.25) is 4.79 Å². The summed E-state index contributed by atoms with van der Waals surface area (Å²) in [6.07, 6.45) is 0. The van der Waals surface area contributed by atoms with E-state index in [1.807, 2.05) is 0 Å². The lowest BCUT2D eigenvalue weighted by molar-refractivity contribution is -0.119. The summed E-state index contributed by atoms with van der Waals surface area (Å²) in [5, 5.41) is 7.68. The summed E-state index contributed by atoms with van der Waals surface area (Å²) < 4.78 is 22.7. The van der Waals surface area contributed by atoms with Crippen molar-refractivity contribution in [1.29, 1.82) is 0 Å². The third-order valence-electron chi connectivity index (χ3n) is 2.56. The first kappa shape index (κ1) is 17.8. The third-order valence-corrected chi connectivity index (χ3v) is 3.62. The van der Waals surface area contributed by atoms with Gasteiger partial charge >= 0.3 is 0 Å². The highest BCUT2D eigenvalue weighted by atomic mass is 35.5. The average Bonchev–Trinajstić information content (AvgIpc) is 2.29. The van der Waals surface area contributed by atoms with Crippen LogP contribution in [0.3, 0.4) is 0 Å². The van der Waals surface area contributed by atoms with Crippen LogP contribution >= 0.6 is 12.4 Å². The Kier molecular flexibility index (Phi) is 6.44. The number of hydrogen-bond donors (Lipinski definition) is 3. The van der Waals surface area contributed by atoms with E-state index < -0.39 is 10.0 Å². The molecule has 0 aliphatic heterocycles. The fourth-order valence-electron chi connectivity index (χ4n) is 1.36. The normalized spacial score (nSPS) is 12.4. The van der Waals surface area contributed by atoms with Gasteiger partial charge in [0, 0.05) is 18.2 Å². The van der Waals surface area contributed by atoms with E-state index in [-0.39, 0.29) is 35.7 Å². The van der Waals surface area contributed by atoms with Crippen molar-refractivity contribution in [2.24, 2.45) is 16.8 Å². The lowest BCUT2D eigenvalue weighted by atomic mass is 10.1. The number of primary sulfonamides is 1. The minimum absolute atomic E-state index is 0. The van der Waals surface area contributed by atoms with Crippen LogP contribution in [0.4, 0.5) is 5.69 Å². The van der Waals surface area contributed by atoms with E-state index in [2.05, 4.69) is 5.32 Å². The maximum Gasteiger partial charge on any atom is 0.238 e. The van der Waals surface area contributed by atoms with Crippen LogP contribution in [0, 0.1) is 12.8 Å². The summed E-state index contributed by atoms with van der Waals surface area (Å²) in [5.74, 6) is -0.606. The number of sulfonamides is 1. The Labute approximate surface area is 119 Å². The van der Waals surface area contributed by atoms with Gasteiger partial charge in [0.25, 0.3) is 0 Å². The average molecular weight is 308 g/mol. The van der Waals surface area contributed by atoms with E-state index in [1.54, 1.807) is 26.0 Å². The van der Waals surface area contributed by atoms with Crippen LogP contribution in [0.25, 0.3) is 0 Å². The summed E-state index contributed by atoms with van der Waals surface area (Å²) in [5.41, 5.74) is 6.29. The van der Waals surface area contributed by atoms with Gasteiger partial charge in [-0.15, -0.1) is 12.4 Å². The lowest BCUT2D eigenvalue weighted by Crippen LogP contribution is -2.26. The minimum Gasteiger partial charge on any atom is -0.330 e. The maximum absolute atomic E-state index is 11.6. The van der Waals surface area contributed by atoms with Crippen molar-refractivity contribution < 1.29 is 13.2 Å². The summed E-state index contributed by atoms with van der Waals surface area (Å²) in [6.45, 7) is 3.54. The zero-order valence-electron chi connectivity index (χ0n) is 10.7. The molecule has 19 heavy (non-hydrogen) atoms. The van der Waals surface area contributed by atoms with Crippen LogP contribution in [0.15, 0.2) is 23.1 Å². The molecule has 0 heterocycles. The summed E-state index contributed by atoms with van der Waals surface area (Å²) in [4.78, 5) is 11.6. The molecule has 1 amide bonds. The van der Waals surface area contributed by atoms with Crippen molar-refractivity contribution >= 4 is 34.0 Å². The number of hydrogen-bond acceptors (Lipinski definition) is 4. The van der Waals surface area contributed by atoms with Crippen LogP contribution in [0.1, 0.15) is 12.5 Å². The molecule has 1 aromatic rings. The number of carbonyl (C=O) groups is 1. The molecule has 5 N–H and O–H groups in total. The predicted molar refractivity (Wildman–Crippen MR) is 76.6 cm³/mol. The first-order chi connectivity index (χ1) is 8.25. The van der Waals surface area contributed by atoms with Crippen molar-refractivity contribution in [3.63, 3.8) is 0 Å². The zero-order chi connectivity index (χ0) is 13.9. The second kappa shape index (κ2) is 6.85. The maximum atomic E-state index is 11.6. The molecule has 0 aromatic heterocycles. The van der Waals surface area contributed by atoms with Crippen LogP contribution in [0.5, 0.6) is 0 Å². The second-order valence-electron chi connectivity index (χ2n) is 4.15. The number of halogens is 1. The molecule has 0 bridgehead atoms. The lowest BCUT2D eigenvalue weighted by Gasteiger charge is -2.11. The molecule has 6 nitrogen and oxygen atoms in total. The van der Waals surface area contributed by atoms with E-state index in [9.17, 15) is 13.2 Å². The Bertz CT molecular complexity index is 560. The summed E-state index contributed by atoms with van der Waals surface area (Å²) >= 11 is 0. The number of anilines is 1. The summed E-state index contributed by atoms with van der Waals surface area (Å²) in [7, 11) is -3.79. The van der Waals surface area contributed by atoms with Crippen LogP contribution in [-0.2, 0) is 14.8 Å². The number of benzene rings is 1. The Morgan fingerprint density at radius 1 is 1.42 bits per heavy atom. The van der Waals surface area contributed by atoms with Gasteiger partial charge in [0.15, 0.2) is 0 Å². The molecule has 1 atom stereocenters. The standard InChI is InChI=1S/C11H17N3O3S.ClH/c1-7-3-4-9(5-10(7)18(13,16)17)14-11(15)8(2)6-12;/h3-5,8H,6,12H2,1-2H3,(H,14,15)(H2,13,16,17);1H. The number of amides is 1. The second-order valence-corrected chi connectivity index (χ2v) is 5.68. The molecule has 0 aliphatic rings. The highest BCUT2D eigenvalue weighted by Crippen LogP contribution is 2.19. The van der Waals surface area contributed by atoms with Crippen LogP contribution < -0.4 is 16.2 Å². The molecule has 1 aromatic carbocycles. The highest BCUT2D eigenvalue weighted by Gasteiger charge is 2.15. The topological polar surface area (TPSA) is 115 Å². The predicted octanol–water partition coefficient (Wildman–Crippen LogP) is 0.598. The van der Waals surface area contributed by atoms with E-state index in [4.69, 9.17) is 10.9 Å². The van der Waals surface area contributed by atoms with Gasteiger partial charge in [-0.1, -0.05) is 13.0 Å². The molecule has 108 valence electrons. The van der Waals surface area contributed by atoms with E-state index >= 15 is 0 Å². The Balaban J connectivity index is 0.00000324. The third kappa shape index (κ3) is 4.79. The highest BCUT2D eigenvalue weighted by molar-refractivity contribution is 7.89. The largest absolute Gasteiger partial charge is 0.330 e. The van der Waals surface area contributed by atoms with Crippen molar-refractivity contribution in [3.05, 3.63) is 23.8 Å². The van der Waals surface area contributed by atoms with E-state index in [0.29, 0.717) is 11.3 Å². The Morgan fingerprint density at radius 3 is 2.47 bits per heavy atom. The fourth-order valence-corrected chi connectivity index (χ4v) is 2.16. The molecule has 0 saturated carbocycles. The van der Waals surface area contributed by atoms with Crippen molar-refractivity contribution in [2.75, 3.05) is 11.9 Å². The summed E-state index contributed by atoms with van der Waals surface area (Å²) in [6, 6.07) is 4.54. The fraction of sp³-hybridized carbons (Fsp3) is 0.364. The van der Waals surface area contributed by atoms with Crippen molar-refractivity contribution in [3.8, 4) is 0 Å². The SMILES string of the molecule is Cc1ccc(NC(=O)C(C)CN)cc1S(N)(=O)=O.Cl. The van der Waals surface area contributed by atoms with Crippen molar-refractivity contribution in [2.45, 2.75) is 18.7 Å². The molecule has 0 saturated heterocycles. The number of nitrogens with one attached hydrogen (secondary N) is 1. The molecule has 0 fully saturated rings. The molecule has 8 heteroatoms. The smallest absolute Gasteiger partial charge is 0.238 e. The van der Waals surface area contributed by atoms with Gasteiger partial charge in [-0.05, 0) is 24.6 Å². The van der Waals surface area contributed by atoms with Gasteiger partial charge in [-0.2, -0.15) is 0 Å². The molecule has 1 rings (SSSR count). The molecule has 0 aliphatic carbocycles. The zero-order valence-corrected chi connectivity index (χ0v) is 12.3. The molecule has 0 radical (unpaired) electrons. The van der Waals surface area contributed by atoms with E-state index in [0.717, 1.165) is 0 Å². The first-order valence-electron chi connectivity index (χ1n) is 5.40. The molecule has 1 unspecified atom stereocenters. The molecular weight excluding hydrogens is 290 g/mol. The van der Waals surface area contributed by atoms with Gasteiger partial charge < -0.3 is 11.1 Å². The van der Waals surface area contributed by atoms with Gasteiger partial charge in [0.05, 0.1) is 4.90 Å². The van der Waals surface area contributed by atoms with Crippen LogP contribution in [-0.4, -0.2) is 20.9 Å².